The van der Waals surface area contributed by atoms with Crippen molar-refractivity contribution in [2.24, 2.45) is 0 Å². The Morgan fingerprint density at radius 2 is 2.00 bits per heavy atom. The molecule has 0 saturated carbocycles. The Hall–Kier alpha value is -4.06. The minimum atomic E-state index is -0.336. The number of carbonyl (C=O) groups is 2. The second-order valence-corrected chi connectivity index (χ2v) is 9.74. The van der Waals surface area contributed by atoms with Gasteiger partial charge < -0.3 is 29.9 Å². The Morgan fingerprint density at radius 3 is 2.79 bits per heavy atom. The molecule has 0 spiro atoms. The molecule has 4 heterocycles. The maximum atomic E-state index is 13.1. The van der Waals surface area contributed by atoms with Gasteiger partial charge in [-0.05, 0) is 18.6 Å². The summed E-state index contributed by atoms with van der Waals surface area (Å²) in [6, 6.07) is 8.64. The average molecular weight is 555 g/mol. The summed E-state index contributed by atoms with van der Waals surface area (Å²) in [7, 11) is 0. The molecule has 0 bridgehead atoms. The smallest absolute Gasteiger partial charge is 0.317 e. The van der Waals surface area contributed by atoms with Crippen LogP contribution in [0, 0.1) is 0 Å². The summed E-state index contributed by atoms with van der Waals surface area (Å²) in [5, 5.41) is 6.16. The number of anilines is 1. The molecule has 2 aromatic heterocycles. The molecule has 2 unspecified atom stereocenters. The molecule has 206 valence electrons. The molecular weight excluding hydrogens is 524 g/mol. The molecule has 5 rings (SSSR count). The number of ether oxygens (including phenoxy) is 2. The molecule has 2 atom stereocenters. The van der Waals surface area contributed by atoms with E-state index in [0.29, 0.717) is 62.6 Å². The predicted octanol–water partition coefficient (Wildman–Crippen LogP) is 2.27. The van der Waals surface area contributed by atoms with Crippen molar-refractivity contribution in [3.8, 4) is 17.4 Å². The van der Waals surface area contributed by atoms with Gasteiger partial charge in [0.25, 0.3) is 0 Å². The highest BCUT2D eigenvalue weighted by Crippen LogP contribution is 2.30. The summed E-state index contributed by atoms with van der Waals surface area (Å²) >= 11 is 6.36. The number of nitrogens with zero attached hydrogens (tertiary/aromatic N) is 6. The summed E-state index contributed by atoms with van der Waals surface area (Å²) in [5.74, 6) is 2.13. The Kier molecular flexibility index (Phi) is 8.30. The van der Waals surface area contributed by atoms with Crippen molar-refractivity contribution in [3.05, 3.63) is 54.2 Å². The Bertz CT molecular complexity index is 1290. The number of fused-ring (bicyclic) bond motifs is 1. The maximum absolute atomic E-state index is 13.1. The first-order valence-electron chi connectivity index (χ1n) is 13.0. The fraction of sp³-hybridized carbons (Fsp3) is 0.423. The van der Waals surface area contributed by atoms with Crippen molar-refractivity contribution < 1.29 is 19.1 Å². The largest absolute Gasteiger partial charge is 0.486 e. The minimum Gasteiger partial charge on any atom is -0.486 e. The van der Waals surface area contributed by atoms with E-state index in [1.54, 1.807) is 34.3 Å². The molecule has 2 aliphatic rings. The van der Waals surface area contributed by atoms with Gasteiger partial charge in [0.15, 0.2) is 11.5 Å². The van der Waals surface area contributed by atoms with Crippen LogP contribution in [0.2, 0.25) is 5.15 Å². The zero-order chi connectivity index (χ0) is 27.2. The fourth-order valence-corrected chi connectivity index (χ4v) is 4.74. The standard InChI is InChI=1S/C26H31ClN8O4/c1-2-7-29-26(37)33-10-11-35(23-13-22(27)31-25(32-23)34-9-8-28-17-34)18(15-33)12-24(36)30-14-19-16-38-20-5-3-4-6-21(20)39-19/h3-6,8-9,13,17-19H,2,7,10-12,14-16H2,1H3,(H,29,37)(H,30,36). The van der Waals surface area contributed by atoms with Crippen molar-refractivity contribution >= 4 is 29.4 Å². The third-order valence-electron chi connectivity index (χ3n) is 6.51. The number of halogens is 1. The highest BCUT2D eigenvalue weighted by atomic mass is 35.5. The highest BCUT2D eigenvalue weighted by molar-refractivity contribution is 6.29. The van der Waals surface area contributed by atoms with Crippen LogP contribution in [0.15, 0.2) is 49.1 Å². The number of imidazole rings is 1. The number of para-hydroxylation sites is 2. The van der Waals surface area contributed by atoms with Crippen LogP contribution in [0.4, 0.5) is 10.6 Å². The van der Waals surface area contributed by atoms with Crippen LogP contribution in [-0.2, 0) is 4.79 Å². The van der Waals surface area contributed by atoms with E-state index in [0.717, 1.165) is 6.42 Å². The summed E-state index contributed by atoms with van der Waals surface area (Å²) in [6.07, 6.45) is 5.62. The van der Waals surface area contributed by atoms with Gasteiger partial charge in [-0.15, -0.1) is 0 Å². The number of hydrogen-bond acceptors (Lipinski definition) is 8. The van der Waals surface area contributed by atoms with Crippen LogP contribution in [0.25, 0.3) is 5.95 Å². The SMILES string of the molecule is CCCNC(=O)N1CCN(c2cc(Cl)nc(-n3ccnc3)n2)C(CC(=O)NCC2COc3ccccc3O2)C1. The van der Waals surface area contributed by atoms with Gasteiger partial charge in [0.1, 0.15) is 30.0 Å². The second-order valence-electron chi connectivity index (χ2n) is 9.35. The van der Waals surface area contributed by atoms with E-state index in [1.165, 1.54) is 0 Å². The Labute approximate surface area is 231 Å². The first kappa shape index (κ1) is 26.5. The van der Waals surface area contributed by atoms with E-state index >= 15 is 0 Å². The van der Waals surface area contributed by atoms with Crippen molar-refractivity contribution in [2.75, 3.05) is 44.2 Å². The molecule has 2 aliphatic heterocycles. The molecular formula is C26H31ClN8O4. The summed E-state index contributed by atoms with van der Waals surface area (Å²) in [5.41, 5.74) is 0. The highest BCUT2D eigenvalue weighted by Gasteiger charge is 2.33. The van der Waals surface area contributed by atoms with Crippen molar-refractivity contribution in [1.29, 1.82) is 0 Å². The first-order valence-corrected chi connectivity index (χ1v) is 13.4. The van der Waals surface area contributed by atoms with Gasteiger partial charge in [-0.25, -0.2) is 14.8 Å². The lowest BCUT2D eigenvalue weighted by Crippen LogP contribution is -2.58. The van der Waals surface area contributed by atoms with Gasteiger partial charge in [0.2, 0.25) is 11.9 Å². The zero-order valence-corrected chi connectivity index (χ0v) is 22.4. The number of rotatable bonds is 8. The number of amides is 3. The summed E-state index contributed by atoms with van der Waals surface area (Å²) in [6.45, 7) is 4.53. The molecule has 1 fully saturated rings. The van der Waals surface area contributed by atoms with Crippen LogP contribution >= 0.6 is 11.6 Å². The van der Waals surface area contributed by atoms with Crippen LogP contribution in [0.1, 0.15) is 19.8 Å². The van der Waals surface area contributed by atoms with Gasteiger partial charge in [0.05, 0.1) is 12.6 Å². The lowest BCUT2D eigenvalue weighted by atomic mass is 10.1. The average Bonchev–Trinajstić information content (AvgIpc) is 3.50. The quantitative estimate of drug-likeness (QED) is 0.406. The van der Waals surface area contributed by atoms with Crippen molar-refractivity contribution in [2.45, 2.75) is 31.9 Å². The van der Waals surface area contributed by atoms with Gasteiger partial charge in [-0.1, -0.05) is 30.7 Å². The van der Waals surface area contributed by atoms with E-state index < -0.39 is 0 Å². The van der Waals surface area contributed by atoms with Gasteiger partial charge >= 0.3 is 6.03 Å². The van der Waals surface area contributed by atoms with Crippen LogP contribution in [0.5, 0.6) is 11.5 Å². The predicted molar refractivity (Wildman–Crippen MR) is 145 cm³/mol. The van der Waals surface area contributed by atoms with Crippen molar-refractivity contribution in [1.82, 2.24) is 35.1 Å². The lowest BCUT2D eigenvalue weighted by Gasteiger charge is -2.42. The lowest BCUT2D eigenvalue weighted by molar-refractivity contribution is -0.122. The molecule has 0 aliphatic carbocycles. The van der Waals surface area contributed by atoms with Crippen LogP contribution in [0.3, 0.4) is 0 Å². The molecule has 1 saturated heterocycles. The molecule has 3 amide bonds. The third-order valence-corrected chi connectivity index (χ3v) is 6.70. The van der Waals surface area contributed by atoms with E-state index in [4.69, 9.17) is 21.1 Å². The summed E-state index contributed by atoms with van der Waals surface area (Å²) < 4.78 is 13.4. The molecule has 13 heteroatoms. The van der Waals surface area contributed by atoms with E-state index in [-0.39, 0.29) is 35.7 Å². The molecule has 1 aromatic carbocycles. The second kappa shape index (κ2) is 12.2. The number of urea groups is 1. The van der Waals surface area contributed by atoms with E-state index in [9.17, 15) is 9.59 Å². The minimum absolute atomic E-state index is 0.143. The van der Waals surface area contributed by atoms with Gasteiger partial charge in [-0.3, -0.25) is 9.36 Å². The normalized spacial score (nSPS) is 18.5. The first-order chi connectivity index (χ1) is 19.0. The maximum Gasteiger partial charge on any atom is 0.317 e. The zero-order valence-electron chi connectivity index (χ0n) is 21.6. The molecule has 12 nitrogen and oxygen atoms in total. The number of carbonyl (C=O) groups excluding carboxylic acids is 2. The number of aromatic nitrogens is 4. The fourth-order valence-electron chi connectivity index (χ4n) is 4.57. The third kappa shape index (κ3) is 6.51. The Morgan fingerprint density at radius 1 is 1.15 bits per heavy atom. The number of hydrogen-bond donors (Lipinski definition) is 2. The molecule has 3 aromatic rings. The van der Waals surface area contributed by atoms with Gasteiger partial charge in [0, 0.05) is 51.1 Å². The number of nitrogens with one attached hydrogen (secondary N) is 2. The molecule has 39 heavy (non-hydrogen) atoms. The Balaban J connectivity index is 1.28. The number of piperazine rings is 1. The topological polar surface area (TPSA) is 127 Å². The monoisotopic (exact) mass is 554 g/mol. The molecule has 2 N–H and O–H groups in total. The van der Waals surface area contributed by atoms with Crippen LogP contribution < -0.4 is 25.0 Å². The van der Waals surface area contributed by atoms with Crippen LogP contribution in [-0.4, -0.2) is 87.8 Å². The van der Waals surface area contributed by atoms with E-state index in [1.807, 2.05) is 36.1 Å². The number of benzene rings is 1. The summed E-state index contributed by atoms with van der Waals surface area (Å²) in [4.78, 5) is 42.6. The molecule has 0 radical (unpaired) electrons. The van der Waals surface area contributed by atoms with E-state index in [2.05, 4.69) is 25.6 Å². The van der Waals surface area contributed by atoms with Gasteiger partial charge in [-0.2, -0.15) is 4.98 Å². The van der Waals surface area contributed by atoms with Crippen molar-refractivity contribution in [3.63, 3.8) is 0 Å².